The van der Waals surface area contributed by atoms with E-state index in [4.69, 9.17) is 13.7 Å². The van der Waals surface area contributed by atoms with Gasteiger partial charge in [0.1, 0.15) is 0 Å². The molecule has 0 unspecified atom stereocenters. The summed E-state index contributed by atoms with van der Waals surface area (Å²) in [5.74, 6) is 1.19. The van der Waals surface area contributed by atoms with Crippen LogP contribution in [0.25, 0.3) is 0 Å². The first kappa shape index (κ1) is 21.7. The van der Waals surface area contributed by atoms with Gasteiger partial charge in [0.15, 0.2) is 11.5 Å². The molecular weight excluding hydrogens is 368 g/mol. The Morgan fingerprint density at radius 3 is 2.74 bits per heavy atom. The third-order valence-corrected chi connectivity index (χ3v) is 5.30. The van der Waals surface area contributed by atoms with Gasteiger partial charge in [-0.15, -0.1) is 0 Å². The molecule has 0 bridgehead atoms. The fraction of sp³-hybridized carbons (Fsp3) is 0.600. The maximum Gasteiger partial charge on any atom is 0.264 e. The second kappa shape index (κ2) is 9.57. The Labute approximate surface area is 162 Å². The van der Waals surface area contributed by atoms with Crippen molar-refractivity contribution in [2.24, 2.45) is 5.92 Å². The second-order valence-corrected chi connectivity index (χ2v) is 8.66. The lowest BCUT2D eigenvalue weighted by atomic mass is 9.76. The topological polar surface area (TPSA) is 82.1 Å². The van der Waals surface area contributed by atoms with Gasteiger partial charge in [0.2, 0.25) is 0 Å². The summed E-state index contributed by atoms with van der Waals surface area (Å²) in [7, 11) is -1.76. The molecule has 0 amide bonds. The van der Waals surface area contributed by atoms with Gasteiger partial charge >= 0.3 is 0 Å². The van der Waals surface area contributed by atoms with Gasteiger partial charge in [0, 0.05) is 25.2 Å². The number of ether oxygens (including phenoxy) is 2. The molecule has 1 N–H and O–H groups in total. The molecule has 0 heterocycles. The Balaban J connectivity index is 2.24. The number of methoxy groups -OCH3 is 1. The number of aromatic hydroxyl groups is 1. The average Bonchev–Trinajstić information content (AvgIpc) is 2.56. The number of phenols is 1. The van der Waals surface area contributed by atoms with Crippen LogP contribution in [-0.2, 0) is 25.5 Å². The average molecular weight is 399 g/mol. The summed E-state index contributed by atoms with van der Waals surface area (Å²) in [6.07, 6.45) is 6.93. The highest BCUT2D eigenvalue weighted by Crippen LogP contribution is 2.44. The third-order valence-electron chi connectivity index (χ3n) is 4.62. The number of allylic oxidation sites excluding steroid dienone is 1. The van der Waals surface area contributed by atoms with Crippen molar-refractivity contribution in [2.45, 2.75) is 45.1 Å². The first-order chi connectivity index (χ1) is 12.7. The molecule has 0 aliphatic heterocycles. The molecule has 6 nitrogen and oxygen atoms in total. The van der Waals surface area contributed by atoms with Crippen molar-refractivity contribution in [3.63, 3.8) is 0 Å². The first-order valence-corrected chi connectivity index (χ1v) is 11.1. The SMILES string of the molecule is CCOc1c(O)ccc2c1C[C@H](COC)C[C@@H]2/C=C\C[C@H](C)OS(C)(=O)=O. The van der Waals surface area contributed by atoms with Crippen LogP contribution in [0.1, 0.15) is 43.7 Å². The van der Waals surface area contributed by atoms with Gasteiger partial charge in [0.05, 0.1) is 19.0 Å². The van der Waals surface area contributed by atoms with Crippen LogP contribution in [0, 0.1) is 5.92 Å². The van der Waals surface area contributed by atoms with E-state index in [2.05, 4.69) is 6.08 Å². The Kier molecular flexibility index (Phi) is 7.70. The van der Waals surface area contributed by atoms with E-state index in [9.17, 15) is 13.5 Å². The summed E-state index contributed by atoms with van der Waals surface area (Å²) >= 11 is 0. The summed E-state index contributed by atoms with van der Waals surface area (Å²) < 4.78 is 38.5. The minimum absolute atomic E-state index is 0.152. The van der Waals surface area contributed by atoms with Crippen LogP contribution in [-0.4, -0.2) is 46.2 Å². The van der Waals surface area contributed by atoms with Crippen LogP contribution in [0.3, 0.4) is 0 Å². The molecule has 1 aromatic rings. The monoisotopic (exact) mass is 398 g/mol. The number of phenolic OH excluding ortho intramolecular Hbond substituents is 1. The van der Waals surface area contributed by atoms with Gasteiger partial charge in [-0.05, 0) is 50.7 Å². The smallest absolute Gasteiger partial charge is 0.264 e. The summed E-state index contributed by atoms with van der Waals surface area (Å²) in [5, 5.41) is 10.2. The van der Waals surface area contributed by atoms with E-state index in [1.165, 1.54) is 0 Å². The van der Waals surface area contributed by atoms with E-state index in [1.54, 1.807) is 20.1 Å². The zero-order chi connectivity index (χ0) is 20.0. The minimum atomic E-state index is -3.45. The molecule has 0 fully saturated rings. The molecule has 27 heavy (non-hydrogen) atoms. The molecule has 1 aliphatic carbocycles. The third kappa shape index (κ3) is 6.23. The predicted molar refractivity (Wildman–Crippen MR) is 105 cm³/mol. The van der Waals surface area contributed by atoms with Gasteiger partial charge in [0.25, 0.3) is 10.1 Å². The van der Waals surface area contributed by atoms with Crippen molar-refractivity contribution in [1.29, 1.82) is 0 Å². The zero-order valence-electron chi connectivity index (χ0n) is 16.5. The van der Waals surface area contributed by atoms with Crippen molar-refractivity contribution in [3.8, 4) is 11.5 Å². The first-order valence-electron chi connectivity index (χ1n) is 9.26. The minimum Gasteiger partial charge on any atom is -0.504 e. The molecule has 0 radical (unpaired) electrons. The fourth-order valence-corrected chi connectivity index (χ4v) is 4.34. The highest BCUT2D eigenvalue weighted by atomic mass is 32.2. The lowest BCUT2D eigenvalue weighted by Crippen LogP contribution is -2.22. The Bertz CT molecular complexity index is 756. The predicted octanol–water partition coefficient (Wildman–Crippen LogP) is 3.39. The van der Waals surface area contributed by atoms with E-state index < -0.39 is 16.2 Å². The van der Waals surface area contributed by atoms with E-state index in [1.807, 2.05) is 19.1 Å². The molecule has 0 saturated heterocycles. The van der Waals surface area contributed by atoms with Crippen LogP contribution < -0.4 is 4.74 Å². The van der Waals surface area contributed by atoms with E-state index >= 15 is 0 Å². The molecule has 1 aliphatic rings. The van der Waals surface area contributed by atoms with Crippen LogP contribution >= 0.6 is 0 Å². The second-order valence-electron chi connectivity index (χ2n) is 7.06. The molecule has 0 aromatic heterocycles. The number of benzene rings is 1. The van der Waals surface area contributed by atoms with Gasteiger partial charge in [-0.3, -0.25) is 4.18 Å². The molecule has 7 heteroatoms. The van der Waals surface area contributed by atoms with Crippen molar-refractivity contribution >= 4 is 10.1 Å². The Morgan fingerprint density at radius 2 is 2.11 bits per heavy atom. The van der Waals surface area contributed by atoms with Crippen LogP contribution in [0.15, 0.2) is 24.3 Å². The van der Waals surface area contributed by atoms with Crippen molar-refractivity contribution in [2.75, 3.05) is 26.6 Å². The summed E-state index contributed by atoms with van der Waals surface area (Å²) in [5.41, 5.74) is 2.16. The Morgan fingerprint density at radius 1 is 1.37 bits per heavy atom. The van der Waals surface area contributed by atoms with Gasteiger partial charge in [-0.1, -0.05) is 18.2 Å². The molecule has 152 valence electrons. The van der Waals surface area contributed by atoms with Crippen molar-refractivity contribution in [1.82, 2.24) is 0 Å². The maximum atomic E-state index is 11.2. The van der Waals surface area contributed by atoms with E-state index in [0.29, 0.717) is 31.3 Å². The summed E-state index contributed by atoms with van der Waals surface area (Å²) in [6.45, 7) is 4.76. The number of rotatable bonds is 9. The highest BCUT2D eigenvalue weighted by Gasteiger charge is 2.29. The van der Waals surface area contributed by atoms with Gasteiger partial charge in [-0.25, -0.2) is 0 Å². The largest absolute Gasteiger partial charge is 0.504 e. The highest BCUT2D eigenvalue weighted by molar-refractivity contribution is 7.86. The van der Waals surface area contributed by atoms with Gasteiger partial charge in [-0.2, -0.15) is 8.42 Å². The van der Waals surface area contributed by atoms with E-state index in [-0.39, 0.29) is 11.7 Å². The van der Waals surface area contributed by atoms with E-state index in [0.717, 1.165) is 30.2 Å². The molecular formula is C20H30O6S. The maximum absolute atomic E-state index is 11.2. The lowest BCUT2D eigenvalue weighted by molar-refractivity contribution is 0.141. The van der Waals surface area contributed by atoms with Crippen LogP contribution in [0.2, 0.25) is 0 Å². The van der Waals surface area contributed by atoms with Crippen molar-refractivity contribution in [3.05, 3.63) is 35.4 Å². The number of hydrogen-bond donors (Lipinski definition) is 1. The normalized spacial score (nSPS) is 21.2. The number of hydrogen-bond acceptors (Lipinski definition) is 6. The summed E-state index contributed by atoms with van der Waals surface area (Å²) in [4.78, 5) is 0. The molecule has 1 aromatic carbocycles. The fourth-order valence-electron chi connectivity index (χ4n) is 3.67. The van der Waals surface area contributed by atoms with Gasteiger partial charge < -0.3 is 14.6 Å². The molecule has 0 spiro atoms. The number of fused-ring (bicyclic) bond motifs is 1. The summed E-state index contributed by atoms with van der Waals surface area (Å²) in [6, 6.07) is 3.62. The van der Waals surface area contributed by atoms with Crippen LogP contribution in [0.5, 0.6) is 11.5 Å². The zero-order valence-corrected chi connectivity index (χ0v) is 17.3. The molecule has 2 rings (SSSR count). The molecule has 3 atom stereocenters. The standard InChI is InChI=1S/C20H30O6S/c1-5-25-20-18-12-15(13-24-3)11-16(17(18)9-10-19(20)21)8-6-7-14(2)26-27(4,22)23/h6,8-10,14-16,21H,5,7,11-13H2,1-4H3/b8-6-/t14-,15+,16-/m0/s1. The molecule has 0 saturated carbocycles. The van der Waals surface area contributed by atoms with Crippen LogP contribution in [0.4, 0.5) is 0 Å². The Hall–Kier alpha value is -1.57. The quantitative estimate of drug-likeness (QED) is 0.507. The lowest BCUT2D eigenvalue weighted by Gasteiger charge is -2.31. The van der Waals surface area contributed by atoms with Crippen molar-refractivity contribution < 1.29 is 27.2 Å².